The highest BCUT2D eigenvalue weighted by Gasteiger charge is 2.28. The second-order valence-electron chi connectivity index (χ2n) is 8.60. The predicted molar refractivity (Wildman–Crippen MR) is 129 cm³/mol. The quantitative estimate of drug-likeness (QED) is 0.566. The summed E-state index contributed by atoms with van der Waals surface area (Å²) >= 11 is 3.53. The SMILES string of the molecule is Cc1c(Br)c(=O)n(C2CCCC2)c2nc(N(c3ccccn3)C3CCNNCC3)ncc12. The van der Waals surface area contributed by atoms with E-state index in [1.54, 1.807) is 6.20 Å². The molecule has 1 saturated heterocycles. The van der Waals surface area contributed by atoms with E-state index in [9.17, 15) is 4.79 Å². The normalized spacial score (nSPS) is 18.2. The molecule has 3 aromatic rings. The summed E-state index contributed by atoms with van der Waals surface area (Å²) in [7, 11) is 0. The summed E-state index contributed by atoms with van der Waals surface area (Å²) < 4.78 is 2.51. The highest BCUT2D eigenvalue weighted by molar-refractivity contribution is 9.10. The molecule has 0 aromatic carbocycles. The lowest BCUT2D eigenvalue weighted by atomic mass is 10.1. The van der Waals surface area contributed by atoms with Crippen LogP contribution < -0.4 is 21.3 Å². The Balaban J connectivity index is 1.70. The van der Waals surface area contributed by atoms with Crippen LogP contribution in [-0.4, -0.2) is 38.7 Å². The molecule has 4 heterocycles. The van der Waals surface area contributed by atoms with Crippen LogP contribution in [0.25, 0.3) is 11.0 Å². The minimum Gasteiger partial charge on any atom is -0.292 e. The van der Waals surface area contributed by atoms with Gasteiger partial charge in [-0.25, -0.2) is 9.97 Å². The zero-order valence-corrected chi connectivity index (χ0v) is 19.8. The first kappa shape index (κ1) is 21.5. The van der Waals surface area contributed by atoms with Crippen molar-refractivity contribution in [1.82, 2.24) is 30.4 Å². The number of fused-ring (bicyclic) bond motifs is 1. The van der Waals surface area contributed by atoms with E-state index in [2.05, 4.69) is 36.7 Å². The van der Waals surface area contributed by atoms with Gasteiger partial charge in [0.1, 0.15) is 11.5 Å². The van der Waals surface area contributed by atoms with Gasteiger partial charge in [0.2, 0.25) is 5.95 Å². The number of rotatable bonds is 4. The molecular weight excluding hydrogens is 470 g/mol. The van der Waals surface area contributed by atoms with Crippen LogP contribution in [0.2, 0.25) is 0 Å². The Bertz CT molecular complexity index is 1150. The molecule has 2 N–H and O–H groups in total. The largest absolute Gasteiger partial charge is 0.292 e. The van der Waals surface area contributed by atoms with E-state index in [0.29, 0.717) is 10.4 Å². The third-order valence-electron chi connectivity index (χ3n) is 6.62. The molecule has 1 aliphatic carbocycles. The topological polar surface area (TPSA) is 88.0 Å². The number of anilines is 2. The van der Waals surface area contributed by atoms with E-state index < -0.39 is 0 Å². The number of halogens is 1. The minimum absolute atomic E-state index is 0.00111. The second kappa shape index (κ2) is 9.25. The number of aromatic nitrogens is 4. The van der Waals surface area contributed by atoms with Gasteiger partial charge in [-0.15, -0.1) is 0 Å². The molecule has 0 bridgehead atoms. The zero-order chi connectivity index (χ0) is 22.1. The molecule has 32 heavy (non-hydrogen) atoms. The van der Waals surface area contributed by atoms with Crippen LogP contribution in [-0.2, 0) is 0 Å². The summed E-state index contributed by atoms with van der Waals surface area (Å²) in [6, 6.07) is 6.26. The number of aryl methyl sites for hydroxylation is 1. The fourth-order valence-electron chi connectivity index (χ4n) is 4.92. The van der Waals surface area contributed by atoms with E-state index >= 15 is 0 Å². The smallest absolute Gasteiger partial charge is 0.267 e. The number of nitrogens with one attached hydrogen (secondary N) is 2. The molecule has 8 nitrogen and oxygen atoms in total. The van der Waals surface area contributed by atoms with Crippen molar-refractivity contribution in [2.75, 3.05) is 18.0 Å². The lowest BCUT2D eigenvalue weighted by Crippen LogP contribution is -2.35. The monoisotopic (exact) mass is 497 g/mol. The van der Waals surface area contributed by atoms with Crippen molar-refractivity contribution >= 4 is 38.7 Å². The third kappa shape index (κ3) is 3.93. The van der Waals surface area contributed by atoms with Gasteiger partial charge in [-0.3, -0.25) is 25.1 Å². The van der Waals surface area contributed by atoms with Crippen molar-refractivity contribution in [3.8, 4) is 0 Å². The second-order valence-corrected chi connectivity index (χ2v) is 9.40. The molecule has 3 aromatic heterocycles. The molecule has 2 fully saturated rings. The molecular formula is C23H28BrN7O. The van der Waals surface area contributed by atoms with Crippen molar-refractivity contribution < 1.29 is 0 Å². The van der Waals surface area contributed by atoms with Crippen molar-refractivity contribution in [2.45, 2.75) is 57.5 Å². The van der Waals surface area contributed by atoms with E-state index in [1.807, 2.05) is 35.9 Å². The van der Waals surface area contributed by atoms with Crippen molar-refractivity contribution in [2.24, 2.45) is 0 Å². The molecule has 0 radical (unpaired) electrons. The van der Waals surface area contributed by atoms with Gasteiger partial charge < -0.3 is 0 Å². The minimum atomic E-state index is -0.00111. The molecule has 0 amide bonds. The van der Waals surface area contributed by atoms with Crippen molar-refractivity contribution in [1.29, 1.82) is 0 Å². The van der Waals surface area contributed by atoms with Gasteiger partial charge in [-0.05, 0) is 66.2 Å². The summed E-state index contributed by atoms with van der Waals surface area (Å²) in [5.41, 5.74) is 8.09. The Morgan fingerprint density at radius 1 is 1.09 bits per heavy atom. The molecule has 1 aliphatic heterocycles. The number of hydrogen-bond donors (Lipinski definition) is 2. The third-order valence-corrected chi connectivity index (χ3v) is 7.55. The van der Waals surface area contributed by atoms with Crippen molar-refractivity contribution in [3.05, 3.63) is 51.0 Å². The molecule has 168 valence electrons. The number of hydrogen-bond acceptors (Lipinski definition) is 7. The Morgan fingerprint density at radius 2 is 1.84 bits per heavy atom. The molecule has 1 saturated carbocycles. The Hall–Kier alpha value is -2.36. The highest BCUT2D eigenvalue weighted by Crippen LogP contribution is 2.34. The molecule has 5 rings (SSSR count). The maximum absolute atomic E-state index is 13.3. The van der Waals surface area contributed by atoms with Crippen LogP contribution in [0.4, 0.5) is 11.8 Å². The lowest BCUT2D eigenvalue weighted by Gasteiger charge is -2.30. The average Bonchev–Trinajstić information content (AvgIpc) is 3.21. The molecule has 0 unspecified atom stereocenters. The van der Waals surface area contributed by atoms with Crippen molar-refractivity contribution in [3.63, 3.8) is 0 Å². The van der Waals surface area contributed by atoms with E-state index in [1.165, 1.54) is 0 Å². The fourth-order valence-corrected chi connectivity index (χ4v) is 5.32. The van der Waals surface area contributed by atoms with Gasteiger partial charge in [0.05, 0.1) is 4.47 Å². The summed E-state index contributed by atoms with van der Waals surface area (Å²) in [6.07, 6.45) is 9.83. The molecule has 9 heteroatoms. The van der Waals surface area contributed by atoms with E-state index in [0.717, 1.165) is 74.0 Å². The van der Waals surface area contributed by atoms with Gasteiger partial charge in [-0.1, -0.05) is 18.9 Å². The van der Waals surface area contributed by atoms with Gasteiger partial charge in [0.15, 0.2) is 0 Å². The van der Waals surface area contributed by atoms with Gasteiger partial charge >= 0.3 is 0 Å². The van der Waals surface area contributed by atoms with Crippen LogP contribution in [0.1, 0.15) is 50.1 Å². The zero-order valence-electron chi connectivity index (χ0n) is 18.2. The van der Waals surface area contributed by atoms with Crippen LogP contribution in [0.15, 0.2) is 39.9 Å². The van der Waals surface area contributed by atoms with Crippen LogP contribution in [0.5, 0.6) is 0 Å². The summed E-state index contributed by atoms with van der Waals surface area (Å²) in [5, 5.41) is 0.914. The molecule has 2 aliphatic rings. The first-order valence-electron chi connectivity index (χ1n) is 11.4. The number of nitrogens with zero attached hydrogens (tertiary/aromatic N) is 5. The Morgan fingerprint density at radius 3 is 2.53 bits per heavy atom. The molecule has 0 spiro atoms. The van der Waals surface area contributed by atoms with E-state index in [4.69, 9.17) is 9.97 Å². The summed E-state index contributed by atoms with van der Waals surface area (Å²) in [5.74, 6) is 1.42. The predicted octanol–water partition coefficient (Wildman–Crippen LogP) is 3.77. The Kier molecular flexibility index (Phi) is 6.21. The van der Waals surface area contributed by atoms with Crippen LogP contribution in [0.3, 0.4) is 0 Å². The van der Waals surface area contributed by atoms with E-state index in [-0.39, 0.29) is 17.6 Å². The molecule has 0 atom stereocenters. The van der Waals surface area contributed by atoms with Crippen LogP contribution >= 0.6 is 15.9 Å². The standard InChI is InChI=1S/C23H28BrN7O/c1-15-18-14-26-23(29-21(18)31(22(32)20(15)24)16-6-2-3-7-16)30(19-8-4-5-11-25-19)17-9-12-27-28-13-10-17/h4-5,8,11,14,16-17,27-28H,2-3,6-7,9-10,12-13H2,1H3. The number of pyridine rings is 2. The van der Waals surface area contributed by atoms with Gasteiger partial charge in [-0.2, -0.15) is 4.98 Å². The Labute approximate surface area is 195 Å². The first-order valence-corrected chi connectivity index (χ1v) is 12.2. The summed E-state index contributed by atoms with van der Waals surface area (Å²) in [4.78, 5) is 29.9. The highest BCUT2D eigenvalue weighted by atomic mass is 79.9. The van der Waals surface area contributed by atoms with Gasteiger partial charge in [0.25, 0.3) is 5.56 Å². The average molecular weight is 498 g/mol. The van der Waals surface area contributed by atoms with Gasteiger partial charge in [0, 0.05) is 43.0 Å². The summed E-state index contributed by atoms with van der Waals surface area (Å²) in [6.45, 7) is 3.65. The maximum Gasteiger partial charge on any atom is 0.267 e. The number of hydrazine groups is 1. The van der Waals surface area contributed by atoms with Crippen LogP contribution in [0, 0.1) is 6.92 Å². The maximum atomic E-state index is 13.3. The fraction of sp³-hybridized carbons (Fsp3) is 0.478. The first-order chi connectivity index (χ1) is 15.6. The lowest BCUT2D eigenvalue weighted by molar-refractivity contribution is 0.513.